The lowest BCUT2D eigenvalue weighted by atomic mass is 10.3. The van der Waals surface area contributed by atoms with E-state index in [2.05, 4.69) is 20.9 Å². The maximum Gasteiger partial charge on any atom is 0.234 e. The molecule has 24 heavy (non-hydrogen) atoms. The van der Waals surface area contributed by atoms with E-state index in [1.165, 1.54) is 0 Å². The summed E-state index contributed by atoms with van der Waals surface area (Å²) < 4.78 is 0.820. The Hall–Kier alpha value is -1.56. The minimum Gasteiger partial charge on any atom is -0.325 e. The van der Waals surface area contributed by atoms with Gasteiger partial charge in [0.2, 0.25) is 11.8 Å². The van der Waals surface area contributed by atoms with Gasteiger partial charge >= 0.3 is 0 Å². The van der Waals surface area contributed by atoms with Gasteiger partial charge in [-0.3, -0.25) is 9.59 Å². The van der Waals surface area contributed by atoms with Crippen LogP contribution >= 0.6 is 45.2 Å². The zero-order valence-electron chi connectivity index (χ0n) is 12.5. The van der Waals surface area contributed by atoms with Crippen molar-refractivity contribution < 1.29 is 9.59 Å². The second-order valence-electron chi connectivity index (χ2n) is 4.66. The molecule has 2 N–H and O–H groups in total. The quantitative estimate of drug-likeness (QED) is 0.308. The third-order valence-electron chi connectivity index (χ3n) is 2.83. The Morgan fingerprint density at radius 2 is 1.04 bits per heavy atom. The molecule has 6 nitrogen and oxygen atoms in total. The van der Waals surface area contributed by atoms with E-state index in [0.29, 0.717) is 20.2 Å². The summed E-state index contributed by atoms with van der Waals surface area (Å²) in [5.41, 5.74) is 2.83. The first-order valence-corrected chi connectivity index (χ1v) is 9.99. The van der Waals surface area contributed by atoms with Crippen molar-refractivity contribution in [3.05, 3.63) is 48.5 Å². The average Bonchev–Trinajstić information content (AvgIpc) is 2.62. The smallest absolute Gasteiger partial charge is 0.234 e. The van der Waals surface area contributed by atoms with Crippen LogP contribution in [0.5, 0.6) is 0 Å². The molecule has 8 heteroatoms. The first-order valence-electron chi connectivity index (χ1n) is 6.94. The molecule has 0 aliphatic heterocycles. The second kappa shape index (κ2) is 9.67. The van der Waals surface area contributed by atoms with Crippen molar-refractivity contribution in [2.75, 3.05) is 19.5 Å². The van der Waals surface area contributed by atoms with Crippen LogP contribution in [0.3, 0.4) is 0 Å². The lowest BCUT2D eigenvalue weighted by Gasteiger charge is -2.03. The Balaban J connectivity index is 1.97. The number of halogens is 2. The molecule has 2 aromatic carbocycles. The van der Waals surface area contributed by atoms with Crippen molar-refractivity contribution in [3.8, 4) is 0 Å². The van der Waals surface area contributed by atoms with Gasteiger partial charge in [-0.15, -0.1) is 0 Å². The van der Waals surface area contributed by atoms with E-state index in [0.717, 1.165) is 11.4 Å². The lowest BCUT2D eigenvalue weighted by molar-refractivity contribution is -0.114. The fraction of sp³-hybridized carbons (Fsp3) is 0.125. The number of anilines is 2. The van der Waals surface area contributed by atoms with Crippen LogP contribution < -0.4 is 10.6 Å². The highest BCUT2D eigenvalue weighted by atomic mass is 127. The van der Waals surface area contributed by atoms with Crippen LogP contribution in [0.15, 0.2) is 58.8 Å². The maximum absolute atomic E-state index is 11.3. The van der Waals surface area contributed by atoms with Gasteiger partial charge in [0.05, 0.1) is 20.2 Å². The van der Waals surface area contributed by atoms with Gasteiger partial charge < -0.3 is 10.6 Å². The fourth-order valence-corrected chi connectivity index (χ4v) is 2.11. The molecule has 0 fully saturated rings. The SMILES string of the molecule is O=C(CI)Nc1ccc(N=Nc2ccc(NC(=O)CI)cc2)cc1. The second-order valence-corrected chi connectivity index (χ2v) is 6.18. The highest BCUT2D eigenvalue weighted by molar-refractivity contribution is 14.1. The highest BCUT2D eigenvalue weighted by Gasteiger charge is 2.00. The Bertz CT molecular complexity index is 667. The molecule has 124 valence electrons. The van der Waals surface area contributed by atoms with Gasteiger partial charge in [-0.2, -0.15) is 10.2 Å². The molecule has 2 rings (SSSR count). The molecule has 2 aromatic rings. The number of carbonyl (C=O) groups is 2. The number of benzene rings is 2. The number of alkyl halides is 2. The predicted octanol–water partition coefficient (Wildman–Crippen LogP) is 4.85. The van der Waals surface area contributed by atoms with Crippen LogP contribution in [0.25, 0.3) is 0 Å². The van der Waals surface area contributed by atoms with Gasteiger partial charge in [-0.05, 0) is 48.5 Å². The molecule has 0 bridgehead atoms. The molecule has 0 saturated heterocycles. The zero-order valence-corrected chi connectivity index (χ0v) is 16.8. The largest absolute Gasteiger partial charge is 0.325 e. The monoisotopic (exact) mass is 548 g/mol. The number of nitrogens with one attached hydrogen (secondary N) is 2. The number of rotatable bonds is 6. The van der Waals surface area contributed by atoms with Crippen molar-refractivity contribution in [1.82, 2.24) is 0 Å². The first-order chi connectivity index (χ1) is 11.6. The molecule has 0 aromatic heterocycles. The average molecular weight is 548 g/mol. The Kier molecular flexibility index (Phi) is 7.56. The lowest BCUT2D eigenvalue weighted by Crippen LogP contribution is -2.11. The number of nitrogens with zero attached hydrogens (tertiary/aromatic N) is 2. The summed E-state index contributed by atoms with van der Waals surface area (Å²) in [7, 11) is 0. The zero-order chi connectivity index (χ0) is 17.4. The summed E-state index contributed by atoms with van der Waals surface area (Å²) in [6, 6.07) is 14.2. The van der Waals surface area contributed by atoms with Crippen LogP contribution in [0, 0.1) is 0 Å². The molecular formula is C16H14I2N4O2. The summed E-state index contributed by atoms with van der Waals surface area (Å²) in [6.07, 6.45) is 0. The van der Waals surface area contributed by atoms with Crippen LogP contribution in [-0.2, 0) is 9.59 Å². The van der Waals surface area contributed by atoms with Gasteiger partial charge in [0.1, 0.15) is 0 Å². The van der Waals surface area contributed by atoms with Gasteiger partial charge in [0.15, 0.2) is 0 Å². The maximum atomic E-state index is 11.3. The molecule has 0 aliphatic carbocycles. The van der Waals surface area contributed by atoms with Gasteiger partial charge in [-0.25, -0.2) is 0 Å². The molecule has 0 atom stereocenters. The summed E-state index contributed by atoms with van der Waals surface area (Å²) in [4.78, 5) is 22.6. The summed E-state index contributed by atoms with van der Waals surface area (Å²) in [6.45, 7) is 0. The normalized spacial score (nSPS) is 10.6. The van der Waals surface area contributed by atoms with Crippen LogP contribution in [0.4, 0.5) is 22.7 Å². The van der Waals surface area contributed by atoms with E-state index in [9.17, 15) is 9.59 Å². The van der Waals surface area contributed by atoms with Crippen LogP contribution in [0.2, 0.25) is 0 Å². The van der Waals surface area contributed by atoms with Gasteiger partial charge in [-0.1, -0.05) is 45.2 Å². The van der Waals surface area contributed by atoms with E-state index >= 15 is 0 Å². The van der Waals surface area contributed by atoms with E-state index in [1.54, 1.807) is 48.5 Å². The number of carbonyl (C=O) groups excluding carboxylic acids is 2. The highest BCUT2D eigenvalue weighted by Crippen LogP contribution is 2.21. The molecule has 2 amide bonds. The standard InChI is InChI=1S/C16H14I2N4O2/c17-9-15(23)19-11-1-5-13(6-2-11)21-22-14-7-3-12(4-8-14)20-16(24)10-18/h1-8H,9-10H2,(H,19,23)(H,20,24). The molecule has 0 spiro atoms. The molecule has 0 saturated carbocycles. The minimum absolute atomic E-state index is 0.0419. The third kappa shape index (κ3) is 6.15. The number of hydrogen-bond acceptors (Lipinski definition) is 4. The first kappa shape index (κ1) is 18.8. The van der Waals surface area contributed by atoms with Crippen molar-refractivity contribution in [3.63, 3.8) is 0 Å². The number of amides is 2. The van der Waals surface area contributed by atoms with Crippen LogP contribution in [-0.4, -0.2) is 20.7 Å². The third-order valence-corrected chi connectivity index (χ3v) is 4.21. The fourth-order valence-electron chi connectivity index (χ4n) is 1.73. The van der Waals surface area contributed by atoms with Crippen molar-refractivity contribution in [2.45, 2.75) is 0 Å². The van der Waals surface area contributed by atoms with E-state index in [1.807, 2.05) is 45.2 Å². The van der Waals surface area contributed by atoms with Crippen molar-refractivity contribution in [1.29, 1.82) is 0 Å². The van der Waals surface area contributed by atoms with Gasteiger partial charge in [0, 0.05) is 11.4 Å². The Labute approximate surface area is 166 Å². The van der Waals surface area contributed by atoms with E-state index in [4.69, 9.17) is 0 Å². The minimum atomic E-state index is -0.0419. The van der Waals surface area contributed by atoms with Crippen molar-refractivity contribution >= 4 is 79.7 Å². The summed E-state index contributed by atoms with van der Waals surface area (Å²) in [5, 5.41) is 13.8. The van der Waals surface area contributed by atoms with Gasteiger partial charge in [0.25, 0.3) is 0 Å². The Morgan fingerprint density at radius 3 is 1.33 bits per heavy atom. The Morgan fingerprint density at radius 1 is 0.708 bits per heavy atom. The van der Waals surface area contributed by atoms with Crippen LogP contribution in [0.1, 0.15) is 0 Å². The molecule has 0 aliphatic rings. The number of hydrogen-bond donors (Lipinski definition) is 2. The van der Waals surface area contributed by atoms with Crippen molar-refractivity contribution in [2.24, 2.45) is 10.2 Å². The van der Waals surface area contributed by atoms with E-state index < -0.39 is 0 Å². The summed E-state index contributed by atoms with van der Waals surface area (Å²) >= 11 is 4.02. The summed E-state index contributed by atoms with van der Waals surface area (Å²) in [5.74, 6) is -0.0838. The predicted molar refractivity (Wildman–Crippen MR) is 112 cm³/mol. The molecule has 0 heterocycles. The molecule has 0 radical (unpaired) electrons. The van der Waals surface area contributed by atoms with E-state index in [-0.39, 0.29) is 11.8 Å². The topological polar surface area (TPSA) is 82.9 Å². The molecule has 0 unspecified atom stereocenters. The molecular weight excluding hydrogens is 534 g/mol. The number of azo groups is 1.